The zero-order valence-corrected chi connectivity index (χ0v) is 12.5. The molecule has 0 aromatic heterocycles. The molecular weight excluding hydrogens is 218 g/mol. The van der Waals surface area contributed by atoms with E-state index in [-0.39, 0.29) is 0 Å². The minimum Gasteiger partial charge on any atom is -0.293 e. The van der Waals surface area contributed by atoms with Crippen LogP contribution < -0.4 is 0 Å². The molecule has 0 radical (unpaired) electrons. The lowest BCUT2D eigenvalue weighted by atomic mass is 10.0. The first-order valence-corrected chi connectivity index (χ1v) is 7.56. The van der Waals surface area contributed by atoms with E-state index in [0.29, 0.717) is 0 Å². The fraction of sp³-hybridized carbons (Fsp3) is 0.647. The molecular formula is C17H29N. The van der Waals surface area contributed by atoms with E-state index in [0.717, 1.165) is 18.6 Å². The molecule has 1 rings (SSSR count). The van der Waals surface area contributed by atoms with Crippen LogP contribution in [0, 0.1) is 0 Å². The van der Waals surface area contributed by atoms with Gasteiger partial charge in [-0.2, -0.15) is 0 Å². The van der Waals surface area contributed by atoms with Gasteiger partial charge in [-0.1, -0.05) is 58.0 Å². The molecule has 0 bridgehead atoms. The number of hydrogen-bond acceptors (Lipinski definition) is 1. The van der Waals surface area contributed by atoms with E-state index in [1.165, 1.54) is 31.2 Å². The highest BCUT2D eigenvalue weighted by molar-refractivity contribution is 5.14. The van der Waals surface area contributed by atoms with Crippen LogP contribution in [0.5, 0.6) is 0 Å². The van der Waals surface area contributed by atoms with Crippen LogP contribution in [0.15, 0.2) is 30.3 Å². The van der Waals surface area contributed by atoms with Crippen LogP contribution in [-0.2, 0) is 6.54 Å². The van der Waals surface area contributed by atoms with Gasteiger partial charge in [0.15, 0.2) is 0 Å². The van der Waals surface area contributed by atoms with E-state index in [4.69, 9.17) is 0 Å². The first-order chi connectivity index (χ1) is 8.76. The molecule has 0 aliphatic rings. The van der Waals surface area contributed by atoms with E-state index in [1.54, 1.807) is 0 Å². The summed E-state index contributed by atoms with van der Waals surface area (Å²) in [6.07, 6.45) is 5.00. The molecule has 0 fully saturated rings. The van der Waals surface area contributed by atoms with Crippen molar-refractivity contribution in [3.05, 3.63) is 35.9 Å². The Morgan fingerprint density at radius 3 is 1.61 bits per heavy atom. The summed E-state index contributed by atoms with van der Waals surface area (Å²) in [5, 5.41) is 0. The Morgan fingerprint density at radius 1 is 0.778 bits per heavy atom. The van der Waals surface area contributed by atoms with Gasteiger partial charge in [-0.25, -0.2) is 0 Å². The molecule has 102 valence electrons. The maximum atomic E-state index is 2.72. The molecule has 0 N–H and O–H groups in total. The lowest BCUT2D eigenvalue weighted by molar-refractivity contribution is 0.109. The topological polar surface area (TPSA) is 3.24 Å². The second kappa shape index (κ2) is 8.31. The van der Waals surface area contributed by atoms with Gasteiger partial charge >= 0.3 is 0 Å². The number of nitrogens with zero attached hydrogens (tertiary/aromatic N) is 1. The highest BCUT2D eigenvalue weighted by Gasteiger charge is 2.21. The highest BCUT2D eigenvalue weighted by atomic mass is 15.2. The fourth-order valence-corrected chi connectivity index (χ4v) is 2.87. The average molecular weight is 247 g/mol. The van der Waals surface area contributed by atoms with Crippen molar-refractivity contribution in [2.75, 3.05) is 0 Å². The van der Waals surface area contributed by atoms with Gasteiger partial charge in [0.25, 0.3) is 0 Å². The summed E-state index contributed by atoms with van der Waals surface area (Å²) in [7, 11) is 0. The maximum Gasteiger partial charge on any atom is 0.0239 e. The summed E-state index contributed by atoms with van der Waals surface area (Å²) in [5.41, 5.74) is 1.44. The highest BCUT2D eigenvalue weighted by Crippen LogP contribution is 2.20. The van der Waals surface area contributed by atoms with Gasteiger partial charge in [0.05, 0.1) is 0 Å². The summed E-state index contributed by atoms with van der Waals surface area (Å²) in [6, 6.07) is 12.3. The average Bonchev–Trinajstić information content (AvgIpc) is 2.42. The van der Waals surface area contributed by atoms with Crippen LogP contribution >= 0.6 is 0 Å². The molecule has 0 saturated carbocycles. The van der Waals surface area contributed by atoms with E-state index < -0.39 is 0 Å². The molecule has 0 amide bonds. The van der Waals surface area contributed by atoms with Crippen molar-refractivity contribution in [2.45, 2.75) is 72.0 Å². The molecule has 18 heavy (non-hydrogen) atoms. The van der Waals surface area contributed by atoms with Crippen LogP contribution in [0.3, 0.4) is 0 Å². The Balaban J connectivity index is 2.83. The van der Waals surface area contributed by atoms with Gasteiger partial charge in [-0.3, -0.25) is 4.90 Å². The maximum absolute atomic E-state index is 2.72. The Morgan fingerprint density at radius 2 is 1.22 bits per heavy atom. The van der Waals surface area contributed by atoms with E-state index in [2.05, 4.69) is 62.9 Å². The van der Waals surface area contributed by atoms with Gasteiger partial charge in [0.1, 0.15) is 0 Å². The molecule has 1 aromatic carbocycles. The molecule has 1 aromatic rings. The monoisotopic (exact) mass is 247 g/mol. The van der Waals surface area contributed by atoms with Crippen molar-refractivity contribution < 1.29 is 0 Å². The molecule has 0 unspecified atom stereocenters. The minimum absolute atomic E-state index is 0.718. The summed E-state index contributed by atoms with van der Waals surface area (Å²) >= 11 is 0. The van der Waals surface area contributed by atoms with Crippen LogP contribution in [0.1, 0.15) is 58.9 Å². The second-order valence-electron chi connectivity index (χ2n) is 5.10. The first kappa shape index (κ1) is 15.2. The lowest BCUT2D eigenvalue weighted by Crippen LogP contribution is -2.41. The number of hydrogen-bond donors (Lipinski definition) is 0. The third-order valence-electron chi connectivity index (χ3n) is 4.03. The van der Waals surface area contributed by atoms with Crippen LogP contribution in [-0.4, -0.2) is 17.0 Å². The van der Waals surface area contributed by atoms with E-state index >= 15 is 0 Å². The quantitative estimate of drug-likeness (QED) is 0.633. The lowest BCUT2D eigenvalue weighted by Gasteiger charge is -2.37. The van der Waals surface area contributed by atoms with E-state index in [1.807, 2.05) is 0 Å². The molecule has 0 saturated heterocycles. The van der Waals surface area contributed by atoms with E-state index in [9.17, 15) is 0 Å². The molecule has 0 aliphatic heterocycles. The minimum atomic E-state index is 0.718. The van der Waals surface area contributed by atoms with Gasteiger partial charge in [-0.05, 0) is 31.2 Å². The number of benzene rings is 1. The predicted octanol–water partition coefficient (Wildman–Crippen LogP) is 4.87. The van der Waals surface area contributed by atoms with Crippen molar-refractivity contribution in [3.63, 3.8) is 0 Å². The Hall–Kier alpha value is -0.820. The van der Waals surface area contributed by atoms with Crippen LogP contribution in [0.2, 0.25) is 0 Å². The standard InChI is InChI=1S/C17H29N/c1-5-16(6-2)18(17(7-3)8-4)14-15-12-10-9-11-13-15/h9-13,16-17H,5-8,14H2,1-4H3. The molecule has 0 atom stereocenters. The largest absolute Gasteiger partial charge is 0.293 e. The van der Waals surface area contributed by atoms with Gasteiger partial charge in [-0.15, -0.1) is 0 Å². The second-order valence-corrected chi connectivity index (χ2v) is 5.10. The molecule has 0 spiro atoms. The Kier molecular flexibility index (Phi) is 7.04. The van der Waals surface area contributed by atoms with Crippen molar-refractivity contribution in [3.8, 4) is 0 Å². The third-order valence-corrected chi connectivity index (χ3v) is 4.03. The Labute approximate surface area is 113 Å². The molecule has 1 nitrogen and oxygen atoms in total. The summed E-state index contributed by atoms with van der Waals surface area (Å²) in [5.74, 6) is 0. The number of rotatable bonds is 8. The fourth-order valence-electron chi connectivity index (χ4n) is 2.87. The van der Waals surface area contributed by atoms with Crippen LogP contribution in [0.4, 0.5) is 0 Å². The molecule has 0 heterocycles. The normalized spacial score (nSPS) is 11.7. The van der Waals surface area contributed by atoms with Crippen molar-refractivity contribution in [1.29, 1.82) is 0 Å². The van der Waals surface area contributed by atoms with Crippen molar-refractivity contribution in [1.82, 2.24) is 4.90 Å². The predicted molar refractivity (Wildman–Crippen MR) is 80.7 cm³/mol. The molecule has 0 aliphatic carbocycles. The zero-order chi connectivity index (χ0) is 13.4. The van der Waals surface area contributed by atoms with Gasteiger partial charge < -0.3 is 0 Å². The zero-order valence-electron chi connectivity index (χ0n) is 12.5. The van der Waals surface area contributed by atoms with Crippen LogP contribution in [0.25, 0.3) is 0 Å². The van der Waals surface area contributed by atoms with Gasteiger partial charge in [0.2, 0.25) is 0 Å². The van der Waals surface area contributed by atoms with Crippen molar-refractivity contribution >= 4 is 0 Å². The van der Waals surface area contributed by atoms with Gasteiger partial charge in [0, 0.05) is 18.6 Å². The summed E-state index contributed by atoms with van der Waals surface area (Å²) in [4.78, 5) is 2.72. The Bertz CT molecular complexity index is 287. The SMILES string of the molecule is CCC(CC)N(Cc1ccccc1)C(CC)CC. The summed E-state index contributed by atoms with van der Waals surface area (Å²) in [6.45, 7) is 10.4. The smallest absolute Gasteiger partial charge is 0.0239 e. The third kappa shape index (κ3) is 4.13. The summed E-state index contributed by atoms with van der Waals surface area (Å²) < 4.78 is 0. The first-order valence-electron chi connectivity index (χ1n) is 7.56. The van der Waals surface area contributed by atoms with Crippen molar-refractivity contribution in [2.24, 2.45) is 0 Å². The molecule has 1 heteroatoms.